The van der Waals surface area contributed by atoms with Crippen LogP contribution in [0.5, 0.6) is 0 Å². The molecular formula is C29H25F3N4O3. The number of hydrogen-bond donors (Lipinski definition) is 1. The lowest BCUT2D eigenvalue weighted by atomic mass is 10.1. The summed E-state index contributed by atoms with van der Waals surface area (Å²) in [6.45, 7) is 2.44. The Morgan fingerprint density at radius 1 is 1.00 bits per heavy atom. The highest BCUT2D eigenvalue weighted by molar-refractivity contribution is 5.97. The van der Waals surface area contributed by atoms with Gasteiger partial charge in [-0.05, 0) is 62.2 Å². The van der Waals surface area contributed by atoms with Gasteiger partial charge in [-0.3, -0.25) is 4.79 Å². The SMILES string of the molecule is CCOC(=O)[C@@H]1CCCN1C(=O)c1ccc(Nc2nc3cc(C(F)(F)F)ccc3nc2-c2ccccc2)cc1. The van der Waals surface area contributed by atoms with E-state index in [1.54, 1.807) is 31.2 Å². The van der Waals surface area contributed by atoms with Crippen molar-refractivity contribution in [3.8, 4) is 11.3 Å². The lowest BCUT2D eigenvalue weighted by molar-refractivity contribution is -0.147. The molecule has 10 heteroatoms. The van der Waals surface area contributed by atoms with Gasteiger partial charge in [0.25, 0.3) is 5.91 Å². The summed E-state index contributed by atoms with van der Waals surface area (Å²) in [4.78, 5) is 36.0. The number of rotatable bonds is 6. The Labute approximate surface area is 222 Å². The first-order chi connectivity index (χ1) is 18.7. The van der Waals surface area contributed by atoms with Gasteiger partial charge in [0, 0.05) is 23.4 Å². The molecule has 4 aromatic rings. The van der Waals surface area contributed by atoms with Crippen molar-refractivity contribution in [2.24, 2.45) is 0 Å². The molecular weight excluding hydrogens is 509 g/mol. The Morgan fingerprint density at radius 3 is 2.44 bits per heavy atom. The Hall–Kier alpha value is -4.47. The highest BCUT2D eigenvalue weighted by Gasteiger charge is 2.35. The maximum Gasteiger partial charge on any atom is 0.416 e. The van der Waals surface area contributed by atoms with Crippen LogP contribution in [0.4, 0.5) is 24.7 Å². The van der Waals surface area contributed by atoms with E-state index in [1.807, 2.05) is 30.3 Å². The van der Waals surface area contributed by atoms with Crippen molar-refractivity contribution in [1.82, 2.24) is 14.9 Å². The second-order valence-electron chi connectivity index (χ2n) is 9.10. The Balaban J connectivity index is 1.45. The zero-order chi connectivity index (χ0) is 27.6. The first kappa shape index (κ1) is 26.1. The number of nitrogens with zero attached hydrogens (tertiary/aromatic N) is 3. The molecule has 0 bridgehead atoms. The van der Waals surface area contributed by atoms with Crippen LogP contribution in [-0.4, -0.2) is 45.9 Å². The van der Waals surface area contributed by atoms with Crippen LogP contribution in [0.2, 0.25) is 0 Å². The number of alkyl halides is 3. The Kier molecular flexibility index (Phi) is 7.19. The van der Waals surface area contributed by atoms with Crippen molar-refractivity contribution in [3.63, 3.8) is 0 Å². The van der Waals surface area contributed by atoms with Crippen molar-refractivity contribution in [1.29, 1.82) is 0 Å². The molecule has 0 radical (unpaired) electrons. The number of halogens is 3. The second-order valence-corrected chi connectivity index (χ2v) is 9.10. The van der Waals surface area contributed by atoms with E-state index < -0.39 is 23.8 Å². The van der Waals surface area contributed by atoms with Gasteiger partial charge in [0.05, 0.1) is 23.2 Å². The number of fused-ring (bicyclic) bond motifs is 1. The van der Waals surface area contributed by atoms with Crippen molar-refractivity contribution >= 4 is 34.4 Å². The smallest absolute Gasteiger partial charge is 0.416 e. The maximum absolute atomic E-state index is 13.3. The highest BCUT2D eigenvalue weighted by Crippen LogP contribution is 2.34. The van der Waals surface area contributed by atoms with E-state index in [2.05, 4.69) is 15.3 Å². The number of hydrogen-bond acceptors (Lipinski definition) is 6. The van der Waals surface area contributed by atoms with E-state index in [-0.39, 0.29) is 23.8 Å². The first-order valence-electron chi connectivity index (χ1n) is 12.5. The van der Waals surface area contributed by atoms with Crippen molar-refractivity contribution in [2.45, 2.75) is 32.0 Å². The average molecular weight is 535 g/mol. The summed E-state index contributed by atoms with van der Waals surface area (Å²) in [7, 11) is 0. The van der Waals surface area contributed by atoms with Gasteiger partial charge in [-0.2, -0.15) is 13.2 Å². The van der Waals surface area contributed by atoms with Gasteiger partial charge < -0.3 is 15.0 Å². The molecule has 1 atom stereocenters. The lowest BCUT2D eigenvalue weighted by Crippen LogP contribution is -2.41. The minimum atomic E-state index is -4.51. The molecule has 7 nitrogen and oxygen atoms in total. The number of esters is 1. The molecule has 39 heavy (non-hydrogen) atoms. The quantitative estimate of drug-likeness (QED) is 0.296. The van der Waals surface area contributed by atoms with Crippen LogP contribution in [0.15, 0.2) is 72.8 Å². The number of aromatic nitrogens is 2. The monoisotopic (exact) mass is 534 g/mol. The van der Waals surface area contributed by atoms with E-state index in [1.165, 1.54) is 11.0 Å². The molecule has 1 fully saturated rings. The van der Waals surface area contributed by atoms with Crippen molar-refractivity contribution in [3.05, 3.63) is 83.9 Å². The molecule has 1 N–H and O–H groups in total. The summed E-state index contributed by atoms with van der Waals surface area (Å²) in [6, 6.07) is 18.5. The fourth-order valence-electron chi connectivity index (χ4n) is 4.61. The van der Waals surface area contributed by atoms with Crippen molar-refractivity contribution < 1.29 is 27.5 Å². The third-order valence-electron chi connectivity index (χ3n) is 6.51. The lowest BCUT2D eigenvalue weighted by Gasteiger charge is -2.23. The molecule has 5 rings (SSSR count). The standard InChI is InChI=1S/C29H25F3N4O3/c1-2-39-28(38)24-9-6-16-36(24)27(37)19-10-13-21(14-11-19)33-26-25(18-7-4-3-5-8-18)34-22-15-12-20(29(30,31)32)17-23(22)35-26/h3-5,7-8,10-15,17,24H,2,6,9,16H2,1H3,(H,33,35)/t24-/m0/s1. The Bertz CT molecular complexity index is 1510. The predicted octanol–water partition coefficient (Wildman–Crippen LogP) is 6.23. The zero-order valence-electron chi connectivity index (χ0n) is 21.0. The normalized spacial score (nSPS) is 15.4. The summed E-state index contributed by atoms with van der Waals surface area (Å²) in [5.41, 5.74) is 1.78. The number of carbonyl (C=O) groups is 2. The molecule has 0 unspecified atom stereocenters. The van der Waals surface area contributed by atoms with Gasteiger partial charge >= 0.3 is 12.1 Å². The Morgan fingerprint density at radius 2 is 1.74 bits per heavy atom. The molecule has 1 aliphatic heterocycles. The minimum absolute atomic E-state index is 0.0952. The van der Waals surface area contributed by atoms with E-state index in [9.17, 15) is 22.8 Å². The predicted molar refractivity (Wildman–Crippen MR) is 140 cm³/mol. The average Bonchev–Trinajstić information content (AvgIpc) is 3.43. The summed E-state index contributed by atoms with van der Waals surface area (Å²) >= 11 is 0. The largest absolute Gasteiger partial charge is 0.464 e. The van der Waals surface area contributed by atoms with Crippen LogP contribution in [0.3, 0.4) is 0 Å². The molecule has 3 aromatic carbocycles. The van der Waals surface area contributed by atoms with Crippen LogP contribution >= 0.6 is 0 Å². The molecule has 0 saturated carbocycles. The van der Waals surface area contributed by atoms with E-state index in [0.29, 0.717) is 41.8 Å². The van der Waals surface area contributed by atoms with Gasteiger partial charge in [-0.1, -0.05) is 30.3 Å². The molecule has 0 aliphatic carbocycles. The van der Waals surface area contributed by atoms with Crippen LogP contribution in [0, 0.1) is 0 Å². The molecule has 2 heterocycles. The summed E-state index contributed by atoms with van der Waals surface area (Å²) in [6.07, 6.45) is -3.23. The molecule has 1 saturated heterocycles. The zero-order valence-corrected chi connectivity index (χ0v) is 21.0. The fourth-order valence-corrected chi connectivity index (χ4v) is 4.61. The molecule has 0 spiro atoms. The van der Waals surface area contributed by atoms with Crippen LogP contribution in [0.1, 0.15) is 35.7 Å². The summed E-state index contributed by atoms with van der Waals surface area (Å²) < 4.78 is 45.0. The van der Waals surface area contributed by atoms with E-state index in [4.69, 9.17) is 4.74 Å². The number of nitrogens with one attached hydrogen (secondary N) is 1. The minimum Gasteiger partial charge on any atom is -0.464 e. The third kappa shape index (κ3) is 5.55. The first-order valence-corrected chi connectivity index (χ1v) is 12.5. The van der Waals surface area contributed by atoms with Crippen LogP contribution < -0.4 is 5.32 Å². The third-order valence-corrected chi connectivity index (χ3v) is 6.51. The fraction of sp³-hybridized carbons (Fsp3) is 0.241. The molecule has 1 amide bonds. The summed E-state index contributed by atoms with van der Waals surface area (Å²) in [5.74, 6) is -0.403. The van der Waals surface area contributed by atoms with Gasteiger partial charge in [0.1, 0.15) is 11.7 Å². The summed E-state index contributed by atoms with van der Waals surface area (Å²) in [5, 5.41) is 3.15. The number of likely N-dealkylation sites (tertiary alicyclic amines) is 1. The van der Waals surface area contributed by atoms with E-state index in [0.717, 1.165) is 17.7 Å². The number of carbonyl (C=O) groups excluding carboxylic acids is 2. The van der Waals surface area contributed by atoms with Crippen LogP contribution in [0.25, 0.3) is 22.3 Å². The number of amides is 1. The maximum atomic E-state index is 13.3. The number of ether oxygens (including phenoxy) is 1. The molecule has 1 aliphatic rings. The highest BCUT2D eigenvalue weighted by atomic mass is 19.4. The van der Waals surface area contributed by atoms with E-state index >= 15 is 0 Å². The molecule has 1 aromatic heterocycles. The topological polar surface area (TPSA) is 84.4 Å². The van der Waals surface area contributed by atoms with Crippen molar-refractivity contribution in [2.75, 3.05) is 18.5 Å². The van der Waals surface area contributed by atoms with Gasteiger partial charge in [-0.25, -0.2) is 14.8 Å². The van der Waals surface area contributed by atoms with Gasteiger partial charge in [0.15, 0.2) is 5.82 Å². The number of anilines is 2. The second kappa shape index (κ2) is 10.7. The van der Waals surface area contributed by atoms with Gasteiger partial charge in [-0.15, -0.1) is 0 Å². The van der Waals surface area contributed by atoms with Gasteiger partial charge in [0.2, 0.25) is 0 Å². The molecule has 200 valence electrons. The van der Waals surface area contributed by atoms with Crippen LogP contribution in [-0.2, 0) is 15.7 Å². The number of benzene rings is 3.